The fourth-order valence-corrected chi connectivity index (χ4v) is 7.13. The number of carbonyl (C=O) groups excluding carboxylic acids is 1. The first-order valence-corrected chi connectivity index (χ1v) is 15.4. The Kier molecular flexibility index (Phi) is 6.56. The molecule has 40 heavy (non-hydrogen) atoms. The highest BCUT2D eigenvalue weighted by Gasteiger charge is 2.56. The van der Waals surface area contributed by atoms with Gasteiger partial charge in [-0.2, -0.15) is 13.4 Å². The molecule has 2 aromatic heterocycles. The third kappa shape index (κ3) is 5.05. The number of pyridine rings is 1. The molecule has 1 amide bonds. The number of hydrogen-bond acceptors (Lipinski definition) is 7. The molecule has 2 saturated carbocycles. The minimum absolute atomic E-state index is 0.0683. The molecule has 1 aromatic carbocycles. The lowest BCUT2D eigenvalue weighted by Crippen LogP contribution is -2.55. The van der Waals surface area contributed by atoms with E-state index in [1.165, 1.54) is 18.9 Å². The third-order valence-electron chi connectivity index (χ3n) is 8.37. The van der Waals surface area contributed by atoms with Crippen LogP contribution in [0, 0.1) is 25.2 Å². The van der Waals surface area contributed by atoms with Crippen LogP contribution in [0.2, 0.25) is 0 Å². The fraction of sp³-hybridized carbons (Fsp3) is 0.467. The van der Waals surface area contributed by atoms with Crippen molar-refractivity contribution in [1.29, 1.82) is 0 Å². The highest BCUT2D eigenvalue weighted by Crippen LogP contribution is 2.62. The number of carbonyl (C=O) groups is 1. The van der Waals surface area contributed by atoms with E-state index in [9.17, 15) is 13.2 Å². The zero-order valence-electron chi connectivity index (χ0n) is 23.3. The first-order valence-electron chi connectivity index (χ1n) is 13.9. The molecule has 9 nitrogen and oxygen atoms in total. The van der Waals surface area contributed by atoms with Gasteiger partial charge in [0.15, 0.2) is 5.03 Å². The first kappa shape index (κ1) is 26.7. The number of amides is 1. The predicted octanol–water partition coefficient (Wildman–Crippen LogP) is 5.15. The van der Waals surface area contributed by atoms with Crippen molar-refractivity contribution in [1.82, 2.24) is 19.9 Å². The zero-order chi connectivity index (χ0) is 28.2. The molecule has 0 saturated heterocycles. The average Bonchev–Trinajstić information content (AvgIpc) is 3.67. The lowest BCUT2D eigenvalue weighted by Gasteiger charge is -2.47. The number of nitrogens with zero attached hydrogens (tertiary/aromatic N) is 4. The molecule has 0 radical (unpaired) electrons. The maximum Gasteiger partial charge on any atom is 0.281 e. The molecule has 6 rings (SSSR count). The lowest BCUT2D eigenvalue weighted by molar-refractivity contribution is 0.00871. The van der Waals surface area contributed by atoms with E-state index in [-0.39, 0.29) is 47.1 Å². The predicted molar refractivity (Wildman–Crippen MR) is 152 cm³/mol. The van der Waals surface area contributed by atoms with E-state index >= 15 is 0 Å². The first-order chi connectivity index (χ1) is 19.0. The van der Waals surface area contributed by atoms with Gasteiger partial charge in [-0.1, -0.05) is 38.1 Å². The Morgan fingerprint density at radius 2 is 1.73 bits per heavy atom. The van der Waals surface area contributed by atoms with E-state index in [1.807, 2.05) is 36.9 Å². The molecule has 4 bridgehead atoms. The van der Waals surface area contributed by atoms with Crippen LogP contribution >= 0.6 is 0 Å². The number of aryl methyl sites for hydroxylation is 2. The van der Waals surface area contributed by atoms with Crippen molar-refractivity contribution in [2.75, 3.05) is 11.3 Å². The number of benzene rings is 1. The summed E-state index contributed by atoms with van der Waals surface area (Å²) in [6.45, 7) is 8.46. The molecule has 1 N–H and O–H groups in total. The van der Waals surface area contributed by atoms with Crippen LogP contribution in [0.4, 0.5) is 5.95 Å². The Balaban J connectivity index is 1.48. The van der Waals surface area contributed by atoms with E-state index in [2.05, 4.69) is 33.5 Å². The topological polar surface area (TPSA) is 114 Å². The smallest absolute Gasteiger partial charge is 0.281 e. The Hall–Kier alpha value is -3.53. The molecular weight excluding hydrogens is 526 g/mol. The van der Waals surface area contributed by atoms with Crippen LogP contribution in [0.15, 0.2) is 47.5 Å². The Bertz CT molecular complexity index is 1560. The Morgan fingerprint density at radius 3 is 2.40 bits per heavy atom. The van der Waals surface area contributed by atoms with Crippen LogP contribution in [0.3, 0.4) is 0 Å². The quantitative estimate of drug-likeness (QED) is 0.469. The van der Waals surface area contributed by atoms with Gasteiger partial charge in [-0.25, -0.2) is 14.7 Å². The van der Waals surface area contributed by atoms with E-state index in [0.717, 1.165) is 36.0 Å². The largest absolute Gasteiger partial charge is 0.475 e. The van der Waals surface area contributed by atoms with Gasteiger partial charge in [0, 0.05) is 17.7 Å². The van der Waals surface area contributed by atoms with Crippen LogP contribution in [-0.2, 0) is 10.0 Å². The molecule has 1 atom stereocenters. The SMILES string of the molecule is Cc1cccc(C)c1-c1cc2nc(n1)NS(=O)(=O)c1cccc(n1)C(=O)N(C1CC3(CC3)C1)[C@H](CC(C)C)CO2. The molecule has 3 aromatic rings. The van der Waals surface area contributed by atoms with Crippen LogP contribution < -0.4 is 9.46 Å². The summed E-state index contributed by atoms with van der Waals surface area (Å²) < 4.78 is 35.6. The Labute approximate surface area is 235 Å². The van der Waals surface area contributed by atoms with Crippen molar-refractivity contribution in [3.8, 4) is 17.1 Å². The van der Waals surface area contributed by atoms with Gasteiger partial charge < -0.3 is 9.64 Å². The average molecular weight is 562 g/mol. The molecule has 2 aliphatic carbocycles. The minimum Gasteiger partial charge on any atom is -0.475 e. The molecular formula is C30H35N5O4S. The van der Waals surface area contributed by atoms with Gasteiger partial charge in [-0.15, -0.1) is 0 Å². The molecule has 3 heterocycles. The van der Waals surface area contributed by atoms with Gasteiger partial charge in [0.1, 0.15) is 12.3 Å². The zero-order valence-corrected chi connectivity index (χ0v) is 24.2. The van der Waals surface area contributed by atoms with Gasteiger partial charge in [0.05, 0.1) is 11.7 Å². The van der Waals surface area contributed by atoms with Gasteiger partial charge in [0.25, 0.3) is 15.9 Å². The molecule has 1 spiro atoms. The van der Waals surface area contributed by atoms with Gasteiger partial charge in [-0.3, -0.25) is 4.79 Å². The van der Waals surface area contributed by atoms with Crippen molar-refractivity contribution < 1.29 is 17.9 Å². The summed E-state index contributed by atoms with van der Waals surface area (Å²) in [4.78, 5) is 29.3. The second-order valence-corrected chi connectivity index (χ2v) is 13.6. The number of fused-ring (bicyclic) bond motifs is 4. The number of anilines is 1. The van der Waals surface area contributed by atoms with Gasteiger partial charge in [-0.05, 0) is 80.5 Å². The highest BCUT2D eigenvalue weighted by atomic mass is 32.2. The third-order valence-corrected chi connectivity index (χ3v) is 9.60. The van der Waals surface area contributed by atoms with Crippen LogP contribution in [0.1, 0.15) is 67.6 Å². The number of hydrogen-bond donors (Lipinski definition) is 1. The maximum atomic E-state index is 14.0. The number of nitrogens with one attached hydrogen (secondary N) is 1. The minimum atomic E-state index is -4.18. The molecule has 0 unspecified atom stereocenters. The Morgan fingerprint density at radius 1 is 1.02 bits per heavy atom. The van der Waals surface area contributed by atoms with Gasteiger partial charge in [0.2, 0.25) is 11.8 Å². The number of aromatic nitrogens is 3. The van der Waals surface area contributed by atoms with Crippen molar-refractivity contribution in [3.63, 3.8) is 0 Å². The van der Waals surface area contributed by atoms with Crippen LogP contribution in [-0.4, -0.2) is 52.9 Å². The summed E-state index contributed by atoms with van der Waals surface area (Å²) >= 11 is 0. The van der Waals surface area contributed by atoms with Crippen molar-refractivity contribution in [3.05, 3.63) is 59.3 Å². The highest BCUT2D eigenvalue weighted by molar-refractivity contribution is 7.92. The van der Waals surface area contributed by atoms with E-state index in [0.29, 0.717) is 17.0 Å². The summed E-state index contributed by atoms with van der Waals surface area (Å²) in [7, 11) is -4.18. The summed E-state index contributed by atoms with van der Waals surface area (Å²) in [5, 5.41) is -0.256. The summed E-state index contributed by atoms with van der Waals surface area (Å²) in [5.74, 6) is 0.180. The van der Waals surface area contributed by atoms with E-state index in [1.54, 1.807) is 18.2 Å². The lowest BCUT2D eigenvalue weighted by atomic mass is 9.75. The number of ether oxygens (including phenoxy) is 1. The summed E-state index contributed by atoms with van der Waals surface area (Å²) in [6, 6.07) is 12.0. The van der Waals surface area contributed by atoms with E-state index < -0.39 is 10.0 Å². The van der Waals surface area contributed by atoms with Crippen molar-refractivity contribution >= 4 is 21.9 Å². The fourth-order valence-electron chi connectivity index (χ4n) is 6.22. The van der Waals surface area contributed by atoms with Crippen molar-refractivity contribution in [2.45, 2.75) is 76.9 Å². The van der Waals surface area contributed by atoms with E-state index in [4.69, 9.17) is 4.74 Å². The molecule has 10 heteroatoms. The standard InChI is InChI=1S/C30H35N5O4S/c1-18(2)13-21-17-39-25-14-24(27-19(3)7-5-8-20(27)4)32-29(33-25)34-40(37,38)26-10-6-9-23(31-26)28(36)35(21)22-15-30(16-22)11-12-30/h5-10,14,18,21-22H,11-13,15-17H2,1-4H3,(H,32,33,34)/t21-/m1/s1. The van der Waals surface area contributed by atoms with Crippen LogP contribution in [0.25, 0.3) is 11.3 Å². The monoisotopic (exact) mass is 561 g/mol. The van der Waals surface area contributed by atoms with Crippen LogP contribution in [0.5, 0.6) is 5.88 Å². The molecule has 210 valence electrons. The maximum absolute atomic E-state index is 14.0. The summed E-state index contributed by atoms with van der Waals surface area (Å²) in [6.07, 6.45) is 5.06. The molecule has 3 aliphatic rings. The second kappa shape index (κ2) is 9.83. The number of rotatable bonds is 4. The number of sulfonamides is 1. The molecule has 2 fully saturated rings. The molecule has 1 aliphatic heterocycles. The summed E-state index contributed by atoms with van der Waals surface area (Å²) in [5.41, 5.74) is 3.92. The normalized spacial score (nSPS) is 21.5. The second-order valence-electron chi connectivity index (χ2n) is 12.0. The van der Waals surface area contributed by atoms with Gasteiger partial charge >= 0.3 is 0 Å². The van der Waals surface area contributed by atoms with Crippen molar-refractivity contribution in [2.24, 2.45) is 11.3 Å².